The Kier molecular flexibility index (Phi) is 4.61. The van der Waals surface area contributed by atoms with E-state index in [2.05, 4.69) is 0 Å². The first-order chi connectivity index (χ1) is 4.71. The molecule has 0 saturated heterocycles. The van der Waals surface area contributed by atoms with Gasteiger partial charge in [-0.2, -0.15) is 11.8 Å². The van der Waals surface area contributed by atoms with Gasteiger partial charge in [0, 0.05) is 21.3 Å². The molecule has 0 aliphatic rings. The molecule has 0 aromatic heterocycles. The van der Waals surface area contributed by atoms with Gasteiger partial charge in [-0.1, -0.05) is 0 Å². The molecule has 0 N–H and O–H groups in total. The average molecular weight is 215 g/mol. The molecule has 0 spiro atoms. The van der Waals surface area contributed by atoms with Gasteiger partial charge in [0.2, 0.25) is 0 Å². The van der Waals surface area contributed by atoms with Gasteiger partial charge in [-0.15, -0.1) is 23.2 Å². The summed E-state index contributed by atoms with van der Waals surface area (Å²) in [7, 11) is 0. The third-order valence-electron chi connectivity index (χ3n) is 0.891. The van der Waals surface area contributed by atoms with Gasteiger partial charge in [-0.25, -0.2) is 0 Å². The van der Waals surface area contributed by atoms with Crippen LogP contribution in [0, 0.1) is 0 Å². The molecule has 0 amide bonds. The Morgan fingerprint density at radius 3 is 1.36 bits per heavy atom. The summed E-state index contributed by atoms with van der Waals surface area (Å²) < 4.78 is 0. The lowest BCUT2D eigenvalue weighted by Crippen LogP contribution is -2.19. The molecule has 3 heteroatoms. The standard InChI is InChI=1S/C8H16Cl2S/c1-7(2,9)5-11-6-8(3,4)10/h5-6H2,1-4H3. The highest BCUT2D eigenvalue weighted by Gasteiger charge is 2.17. The molecule has 11 heavy (non-hydrogen) atoms. The molecule has 0 fully saturated rings. The molecular weight excluding hydrogens is 199 g/mol. The Bertz CT molecular complexity index is 96.2. The van der Waals surface area contributed by atoms with Crippen LogP contribution in [0.1, 0.15) is 27.7 Å². The maximum atomic E-state index is 6.00. The van der Waals surface area contributed by atoms with Gasteiger partial charge in [0.15, 0.2) is 0 Å². The van der Waals surface area contributed by atoms with E-state index in [4.69, 9.17) is 23.2 Å². The number of hydrogen-bond acceptors (Lipinski definition) is 1. The fourth-order valence-electron chi connectivity index (χ4n) is 0.536. The van der Waals surface area contributed by atoms with Crippen molar-refractivity contribution in [2.75, 3.05) is 11.5 Å². The van der Waals surface area contributed by atoms with E-state index in [0.717, 1.165) is 11.5 Å². The van der Waals surface area contributed by atoms with Gasteiger partial charge in [0.05, 0.1) is 0 Å². The van der Waals surface area contributed by atoms with Crippen LogP contribution in [-0.4, -0.2) is 21.3 Å². The van der Waals surface area contributed by atoms with Crippen LogP contribution in [-0.2, 0) is 0 Å². The van der Waals surface area contributed by atoms with E-state index in [9.17, 15) is 0 Å². The maximum absolute atomic E-state index is 6.00. The van der Waals surface area contributed by atoms with E-state index >= 15 is 0 Å². The van der Waals surface area contributed by atoms with E-state index in [1.807, 2.05) is 27.7 Å². The first-order valence-electron chi connectivity index (χ1n) is 3.66. The van der Waals surface area contributed by atoms with Gasteiger partial charge in [0.1, 0.15) is 0 Å². The first kappa shape index (κ1) is 11.9. The summed E-state index contributed by atoms with van der Waals surface area (Å²) >= 11 is 13.8. The summed E-state index contributed by atoms with van der Waals surface area (Å²) in [6.07, 6.45) is 0. The van der Waals surface area contributed by atoms with Crippen molar-refractivity contribution in [1.82, 2.24) is 0 Å². The largest absolute Gasteiger partial charge is 0.158 e. The third-order valence-corrected chi connectivity index (χ3v) is 3.33. The molecule has 0 aromatic rings. The predicted octanol–water partition coefficient (Wildman–Crippen LogP) is 3.75. The van der Waals surface area contributed by atoms with Crippen LogP contribution in [0.2, 0.25) is 0 Å². The minimum atomic E-state index is -0.104. The van der Waals surface area contributed by atoms with Crippen molar-refractivity contribution in [3.63, 3.8) is 0 Å². The minimum absolute atomic E-state index is 0.104. The SMILES string of the molecule is CC(C)(Cl)CSCC(C)(C)Cl. The highest BCUT2D eigenvalue weighted by atomic mass is 35.5. The summed E-state index contributed by atoms with van der Waals surface area (Å²) in [6, 6.07) is 0. The number of thioether (sulfide) groups is 1. The Balaban J connectivity index is 3.44. The van der Waals surface area contributed by atoms with Gasteiger partial charge < -0.3 is 0 Å². The predicted molar refractivity (Wildman–Crippen MR) is 57.2 cm³/mol. The van der Waals surface area contributed by atoms with Crippen molar-refractivity contribution in [3.05, 3.63) is 0 Å². The zero-order chi connectivity index (χ0) is 9.12. The van der Waals surface area contributed by atoms with Crippen molar-refractivity contribution in [3.8, 4) is 0 Å². The van der Waals surface area contributed by atoms with Crippen molar-refractivity contribution >= 4 is 35.0 Å². The van der Waals surface area contributed by atoms with Crippen molar-refractivity contribution in [2.45, 2.75) is 37.4 Å². The average Bonchev–Trinajstić information content (AvgIpc) is 1.55. The van der Waals surface area contributed by atoms with Crippen LogP contribution in [0.4, 0.5) is 0 Å². The number of hydrogen-bond donors (Lipinski definition) is 0. The molecule has 0 unspecified atom stereocenters. The second kappa shape index (κ2) is 4.25. The summed E-state index contributed by atoms with van der Waals surface area (Å²) in [5.41, 5.74) is 0. The maximum Gasteiger partial charge on any atom is 0.0480 e. The molecule has 0 nitrogen and oxygen atoms in total. The smallest absolute Gasteiger partial charge is 0.0480 e. The lowest BCUT2D eigenvalue weighted by Gasteiger charge is -2.19. The van der Waals surface area contributed by atoms with Crippen LogP contribution in [0.3, 0.4) is 0 Å². The normalized spacial score (nSPS) is 13.6. The van der Waals surface area contributed by atoms with E-state index in [0.29, 0.717) is 0 Å². The summed E-state index contributed by atoms with van der Waals surface area (Å²) in [5, 5.41) is 0. The fraction of sp³-hybridized carbons (Fsp3) is 1.00. The zero-order valence-electron chi connectivity index (χ0n) is 7.58. The molecular formula is C8H16Cl2S. The Morgan fingerprint density at radius 2 is 1.18 bits per heavy atom. The summed E-state index contributed by atoms with van der Waals surface area (Å²) in [5.74, 6) is 1.90. The van der Waals surface area contributed by atoms with E-state index in [-0.39, 0.29) is 9.75 Å². The Hall–Kier alpha value is 0.930. The van der Waals surface area contributed by atoms with Gasteiger partial charge in [-0.05, 0) is 27.7 Å². The fourth-order valence-corrected chi connectivity index (χ4v) is 2.07. The Morgan fingerprint density at radius 1 is 0.909 bits per heavy atom. The topological polar surface area (TPSA) is 0 Å². The van der Waals surface area contributed by atoms with Crippen molar-refractivity contribution in [1.29, 1.82) is 0 Å². The van der Waals surface area contributed by atoms with Gasteiger partial charge >= 0.3 is 0 Å². The van der Waals surface area contributed by atoms with Crippen LogP contribution in [0.25, 0.3) is 0 Å². The monoisotopic (exact) mass is 214 g/mol. The second-order valence-corrected chi connectivity index (χ2v) is 6.96. The lowest BCUT2D eigenvalue weighted by molar-refractivity contribution is 0.781. The highest BCUT2D eigenvalue weighted by molar-refractivity contribution is 7.99. The van der Waals surface area contributed by atoms with Crippen LogP contribution in [0.5, 0.6) is 0 Å². The second-order valence-electron chi connectivity index (χ2n) is 3.93. The molecule has 0 bridgehead atoms. The number of alkyl halides is 2. The van der Waals surface area contributed by atoms with Crippen LogP contribution in [0.15, 0.2) is 0 Å². The molecule has 0 heterocycles. The Labute approximate surface area is 84.0 Å². The lowest BCUT2D eigenvalue weighted by atomic mass is 10.2. The number of rotatable bonds is 4. The van der Waals surface area contributed by atoms with Crippen molar-refractivity contribution < 1.29 is 0 Å². The molecule has 0 aliphatic heterocycles. The quantitative estimate of drug-likeness (QED) is 0.643. The molecule has 68 valence electrons. The summed E-state index contributed by atoms with van der Waals surface area (Å²) in [6.45, 7) is 8.07. The van der Waals surface area contributed by atoms with Crippen molar-refractivity contribution in [2.24, 2.45) is 0 Å². The molecule has 0 saturated carbocycles. The van der Waals surface area contributed by atoms with E-state index < -0.39 is 0 Å². The van der Waals surface area contributed by atoms with Gasteiger partial charge in [0.25, 0.3) is 0 Å². The van der Waals surface area contributed by atoms with E-state index in [1.165, 1.54) is 0 Å². The van der Waals surface area contributed by atoms with E-state index in [1.54, 1.807) is 11.8 Å². The molecule has 0 aromatic carbocycles. The van der Waals surface area contributed by atoms with Gasteiger partial charge in [-0.3, -0.25) is 0 Å². The van der Waals surface area contributed by atoms with Crippen LogP contribution < -0.4 is 0 Å². The number of halogens is 2. The molecule has 0 rings (SSSR count). The highest BCUT2D eigenvalue weighted by Crippen LogP contribution is 2.25. The summed E-state index contributed by atoms with van der Waals surface area (Å²) in [4.78, 5) is -0.209. The van der Waals surface area contributed by atoms with Crippen LogP contribution >= 0.6 is 35.0 Å². The third kappa shape index (κ3) is 10.9. The molecule has 0 atom stereocenters. The minimum Gasteiger partial charge on any atom is -0.158 e. The zero-order valence-corrected chi connectivity index (χ0v) is 9.91. The molecule has 0 aliphatic carbocycles. The molecule has 0 radical (unpaired) electrons. The first-order valence-corrected chi connectivity index (χ1v) is 5.57.